The molecule has 0 fully saturated rings. The van der Waals surface area contributed by atoms with Crippen molar-refractivity contribution in [2.24, 2.45) is 4.99 Å². The van der Waals surface area contributed by atoms with Gasteiger partial charge in [-0.3, -0.25) is 0 Å². The number of aliphatic imine (C=N–C) groups is 1. The fourth-order valence-corrected chi connectivity index (χ4v) is 3.25. The first-order valence-electron chi connectivity index (χ1n) is 9.89. The number of benzene rings is 2. The molecule has 2 aromatic rings. The van der Waals surface area contributed by atoms with Crippen LogP contribution in [-0.2, 0) is 24.3 Å². The number of nitrogens with zero attached hydrogens (tertiary/aromatic N) is 1. The van der Waals surface area contributed by atoms with E-state index >= 15 is 0 Å². The molecular formula is C22H28FN3O4. The molecule has 2 N–H and O–H groups in total. The summed E-state index contributed by atoms with van der Waals surface area (Å²) >= 11 is 0. The largest absolute Gasteiger partial charge is 0.493 e. The molecule has 1 heterocycles. The van der Waals surface area contributed by atoms with Crippen LogP contribution in [0.25, 0.3) is 0 Å². The third-order valence-corrected chi connectivity index (χ3v) is 4.65. The summed E-state index contributed by atoms with van der Waals surface area (Å²) in [7, 11) is 3.22. The monoisotopic (exact) mass is 417 g/mol. The second kappa shape index (κ2) is 10.7. The Morgan fingerprint density at radius 3 is 2.73 bits per heavy atom. The van der Waals surface area contributed by atoms with Crippen molar-refractivity contribution in [2.45, 2.75) is 26.5 Å². The molecule has 7 nitrogen and oxygen atoms in total. The number of fused-ring (bicyclic) bond motifs is 1. The van der Waals surface area contributed by atoms with E-state index in [-0.39, 0.29) is 12.6 Å². The zero-order chi connectivity index (χ0) is 21.3. The van der Waals surface area contributed by atoms with E-state index in [1.54, 1.807) is 14.2 Å². The molecule has 0 saturated heterocycles. The van der Waals surface area contributed by atoms with Gasteiger partial charge in [0.1, 0.15) is 11.6 Å². The van der Waals surface area contributed by atoms with E-state index in [1.807, 2.05) is 25.1 Å². The van der Waals surface area contributed by atoms with E-state index in [4.69, 9.17) is 18.9 Å². The van der Waals surface area contributed by atoms with Gasteiger partial charge in [0.05, 0.1) is 27.4 Å². The third kappa shape index (κ3) is 5.54. The lowest BCUT2D eigenvalue weighted by atomic mass is 10.1. The van der Waals surface area contributed by atoms with E-state index in [2.05, 4.69) is 15.6 Å². The minimum absolute atomic E-state index is 0.189. The van der Waals surface area contributed by atoms with Gasteiger partial charge in [0, 0.05) is 18.7 Å². The lowest BCUT2D eigenvalue weighted by molar-refractivity contribution is -0.0172. The standard InChI is InChI=1S/C22H28FN3O4/c1-4-24-22(26-12-15-5-6-19(27-2)20(9-15)28-3)25-8-7-16-10-18(23)11-17-13-29-14-30-21(16)17/h5-6,9-11H,4,7-8,12-14H2,1-3H3,(H2,24,25,26). The normalized spacial score (nSPS) is 13.3. The Morgan fingerprint density at radius 2 is 1.97 bits per heavy atom. The number of methoxy groups -OCH3 is 2. The highest BCUT2D eigenvalue weighted by Crippen LogP contribution is 2.30. The summed E-state index contributed by atoms with van der Waals surface area (Å²) in [6.45, 7) is 4.35. The summed E-state index contributed by atoms with van der Waals surface area (Å²) in [5.74, 6) is 2.47. The fraction of sp³-hybridized carbons (Fsp3) is 0.409. The van der Waals surface area contributed by atoms with E-state index in [0.29, 0.717) is 43.6 Å². The van der Waals surface area contributed by atoms with Gasteiger partial charge in [-0.25, -0.2) is 9.38 Å². The second-order valence-electron chi connectivity index (χ2n) is 6.73. The number of rotatable bonds is 8. The molecule has 0 spiro atoms. The van der Waals surface area contributed by atoms with Gasteiger partial charge in [0.25, 0.3) is 0 Å². The molecule has 2 aromatic carbocycles. The van der Waals surface area contributed by atoms with Crippen LogP contribution >= 0.6 is 0 Å². The van der Waals surface area contributed by atoms with Crippen molar-refractivity contribution < 1.29 is 23.3 Å². The predicted molar refractivity (Wildman–Crippen MR) is 113 cm³/mol. The van der Waals surface area contributed by atoms with Gasteiger partial charge in [-0.15, -0.1) is 0 Å². The highest BCUT2D eigenvalue weighted by Gasteiger charge is 2.16. The zero-order valence-corrected chi connectivity index (χ0v) is 17.6. The van der Waals surface area contributed by atoms with Gasteiger partial charge in [-0.05, 0) is 48.7 Å². The van der Waals surface area contributed by atoms with Crippen molar-refractivity contribution in [2.75, 3.05) is 34.1 Å². The quantitative estimate of drug-likeness (QED) is 0.508. The summed E-state index contributed by atoms with van der Waals surface area (Å²) < 4.78 is 35.3. The van der Waals surface area contributed by atoms with Crippen molar-refractivity contribution in [3.63, 3.8) is 0 Å². The molecule has 162 valence electrons. The molecule has 1 aliphatic heterocycles. The first kappa shape index (κ1) is 21.7. The Balaban J connectivity index is 1.63. The first-order chi connectivity index (χ1) is 14.6. The minimum Gasteiger partial charge on any atom is -0.493 e. The highest BCUT2D eigenvalue weighted by molar-refractivity contribution is 5.79. The van der Waals surface area contributed by atoms with Gasteiger partial charge in [0.2, 0.25) is 0 Å². The second-order valence-corrected chi connectivity index (χ2v) is 6.73. The van der Waals surface area contributed by atoms with Crippen LogP contribution in [0.3, 0.4) is 0 Å². The number of hydrogen-bond donors (Lipinski definition) is 2. The Kier molecular flexibility index (Phi) is 7.73. The summed E-state index contributed by atoms with van der Waals surface area (Å²) in [6, 6.07) is 8.69. The molecule has 0 bridgehead atoms. The van der Waals surface area contributed by atoms with Crippen molar-refractivity contribution >= 4 is 5.96 Å². The Bertz CT molecular complexity index is 889. The van der Waals surface area contributed by atoms with E-state index < -0.39 is 0 Å². The van der Waals surface area contributed by atoms with Crippen LogP contribution in [0, 0.1) is 5.82 Å². The third-order valence-electron chi connectivity index (χ3n) is 4.65. The molecule has 30 heavy (non-hydrogen) atoms. The van der Waals surface area contributed by atoms with Crippen LogP contribution in [-0.4, -0.2) is 40.1 Å². The maximum atomic E-state index is 13.9. The number of hydrogen-bond acceptors (Lipinski definition) is 5. The van der Waals surface area contributed by atoms with Crippen LogP contribution in [0.4, 0.5) is 4.39 Å². The average molecular weight is 417 g/mol. The van der Waals surface area contributed by atoms with E-state index in [9.17, 15) is 4.39 Å². The maximum absolute atomic E-state index is 13.9. The number of ether oxygens (including phenoxy) is 4. The number of guanidine groups is 1. The van der Waals surface area contributed by atoms with E-state index in [0.717, 1.165) is 29.0 Å². The Morgan fingerprint density at radius 1 is 1.13 bits per heavy atom. The lowest BCUT2D eigenvalue weighted by Crippen LogP contribution is -2.38. The molecule has 0 unspecified atom stereocenters. The average Bonchev–Trinajstić information content (AvgIpc) is 2.77. The first-order valence-corrected chi connectivity index (χ1v) is 9.89. The summed E-state index contributed by atoms with van der Waals surface area (Å²) in [5, 5.41) is 6.51. The Labute approximate surface area is 176 Å². The fourth-order valence-electron chi connectivity index (χ4n) is 3.25. The van der Waals surface area contributed by atoms with Gasteiger partial charge in [0.15, 0.2) is 24.3 Å². The number of halogens is 1. The molecular weight excluding hydrogens is 389 g/mol. The van der Waals surface area contributed by atoms with Crippen molar-refractivity contribution in [3.05, 3.63) is 52.8 Å². The van der Waals surface area contributed by atoms with Gasteiger partial charge in [-0.2, -0.15) is 0 Å². The molecule has 0 aromatic heterocycles. The van der Waals surface area contributed by atoms with Crippen molar-refractivity contribution in [3.8, 4) is 17.2 Å². The maximum Gasteiger partial charge on any atom is 0.191 e. The van der Waals surface area contributed by atoms with Crippen LogP contribution in [0.1, 0.15) is 23.6 Å². The highest BCUT2D eigenvalue weighted by atomic mass is 19.1. The molecule has 0 saturated carbocycles. The summed E-state index contributed by atoms with van der Waals surface area (Å²) in [6.07, 6.45) is 0.598. The molecule has 0 atom stereocenters. The number of nitrogens with one attached hydrogen (secondary N) is 2. The smallest absolute Gasteiger partial charge is 0.191 e. The van der Waals surface area contributed by atoms with Gasteiger partial charge >= 0.3 is 0 Å². The Hall–Kier alpha value is -3.00. The van der Waals surface area contributed by atoms with E-state index in [1.165, 1.54) is 12.1 Å². The van der Waals surface area contributed by atoms with Crippen LogP contribution in [0.5, 0.6) is 17.2 Å². The predicted octanol–water partition coefficient (Wildman–Crippen LogP) is 3.01. The van der Waals surface area contributed by atoms with Gasteiger partial charge in [-0.1, -0.05) is 6.07 Å². The zero-order valence-electron chi connectivity index (χ0n) is 17.6. The molecule has 0 aliphatic carbocycles. The van der Waals surface area contributed by atoms with Crippen LogP contribution < -0.4 is 24.8 Å². The van der Waals surface area contributed by atoms with Crippen LogP contribution in [0.15, 0.2) is 35.3 Å². The molecule has 0 amide bonds. The molecule has 0 radical (unpaired) electrons. The minimum atomic E-state index is -0.285. The lowest BCUT2D eigenvalue weighted by Gasteiger charge is -2.21. The SMILES string of the molecule is CCNC(=NCc1ccc(OC)c(OC)c1)NCCc1cc(F)cc2c1OCOC2. The van der Waals surface area contributed by atoms with Crippen molar-refractivity contribution in [1.29, 1.82) is 0 Å². The topological polar surface area (TPSA) is 73.3 Å². The molecule has 8 heteroatoms. The van der Waals surface area contributed by atoms with Crippen LogP contribution in [0.2, 0.25) is 0 Å². The molecule has 3 rings (SSSR count). The van der Waals surface area contributed by atoms with Crippen molar-refractivity contribution in [1.82, 2.24) is 10.6 Å². The molecule has 1 aliphatic rings. The summed E-state index contributed by atoms with van der Waals surface area (Å²) in [4.78, 5) is 4.62. The summed E-state index contributed by atoms with van der Waals surface area (Å²) in [5.41, 5.74) is 2.55. The van der Waals surface area contributed by atoms with Gasteiger partial charge < -0.3 is 29.6 Å².